The van der Waals surface area contributed by atoms with E-state index in [2.05, 4.69) is 11.5 Å². The van der Waals surface area contributed by atoms with E-state index in [0.717, 1.165) is 19.4 Å². The van der Waals surface area contributed by atoms with E-state index in [-0.39, 0.29) is 28.0 Å². The van der Waals surface area contributed by atoms with Gasteiger partial charge in [0.15, 0.2) is 0 Å². The Bertz CT molecular complexity index is 1050. The lowest BCUT2D eigenvalue weighted by Gasteiger charge is -2.36. The van der Waals surface area contributed by atoms with Crippen molar-refractivity contribution < 1.29 is 19.1 Å². The highest BCUT2D eigenvalue weighted by Crippen LogP contribution is 2.47. The summed E-state index contributed by atoms with van der Waals surface area (Å²) in [6, 6.07) is 4.35. The summed E-state index contributed by atoms with van der Waals surface area (Å²) in [6.45, 7) is 11.2. The first kappa shape index (κ1) is 27.0. The Labute approximate surface area is 211 Å². The molecule has 1 unspecified atom stereocenters. The van der Waals surface area contributed by atoms with Crippen LogP contribution in [0.3, 0.4) is 0 Å². The number of carboxylic acid groups (broad SMARTS) is 1. The Morgan fingerprint density at radius 3 is 2.60 bits per heavy atom. The lowest BCUT2D eigenvalue weighted by molar-refractivity contribution is -0.123. The molecule has 2 atom stereocenters. The molecule has 0 spiro atoms. The number of carboxylic acids is 1. The lowest BCUT2D eigenvalue weighted by Crippen LogP contribution is -2.44. The molecule has 1 aliphatic carbocycles. The van der Waals surface area contributed by atoms with Crippen LogP contribution in [0.5, 0.6) is 0 Å². The van der Waals surface area contributed by atoms with E-state index < -0.39 is 23.3 Å². The quantitative estimate of drug-likeness (QED) is 0.320. The molecule has 3 N–H and O–H groups in total. The van der Waals surface area contributed by atoms with E-state index in [0.29, 0.717) is 31.1 Å². The second-order valence-electron chi connectivity index (χ2n) is 10.0. The second-order valence-corrected chi connectivity index (χ2v) is 10.5. The van der Waals surface area contributed by atoms with E-state index in [1.165, 1.54) is 30.4 Å². The summed E-state index contributed by atoms with van der Waals surface area (Å²) in [7, 11) is 0. The normalized spacial score (nSPS) is 22.5. The number of hydrogen-bond acceptors (Lipinski definition) is 4. The van der Waals surface area contributed by atoms with Gasteiger partial charge in [0.2, 0.25) is 5.91 Å². The highest BCUT2D eigenvalue weighted by atomic mass is 35.5. The van der Waals surface area contributed by atoms with Gasteiger partial charge in [0.1, 0.15) is 5.83 Å². The zero-order valence-corrected chi connectivity index (χ0v) is 21.4. The van der Waals surface area contributed by atoms with Gasteiger partial charge >= 0.3 is 5.97 Å². The second kappa shape index (κ2) is 11.0. The summed E-state index contributed by atoms with van der Waals surface area (Å²) in [4.78, 5) is 29.2. The van der Waals surface area contributed by atoms with Crippen molar-refractivity contribution >= 4 is 34.9 Å². The van der Waals surface area contributed by atoms with Crippen molar-refractivity contribution in [1.82, 2.24) is 4.90 Å². The maximum atomic E-state index is 15.7. The molecule has 3 rings (SSSR count). The minimum absolute atomic E-state index is 0.0484. The van der Waals surface area contributed by atoms with Gasteiger partial charge in [0.05, 0.1) is 22.9 Å². The molecule has 1 heterocycles. The average molecular weight is 504 g/mol. The number of nitrogens with two attached hydrogens (primary N) is 1. The minimum atomic E-state index is -1.09. The zero-order chi connectivity index (χ0) is 25.9. The van der Waals surface area contributed by atoms with Crippen molar-refractivity contribution in [3.63, 3.8) is 0 Å². The Hall–Kier alpha value is -2.64. The van der Waals surface area contributed by atoms with Crippen LogP contribution in [0.1, 0.15) is 50.4 Å². The molecule has 0 radical (unpaired) electrons. The largest absolute Gasteiger partial charge is 0.478 e. The number of halogens is 2. The maximum Gasteiger partial charge on any atom is 0.335 e. The number of rotatable bonds is 10. The van der Waals surface area contributed by atoms with Crippen LogP contribution in [0.2, 0.25) is 0 Å². The van der Waals surface area contributed by atoms with Crippen LogP contribution in [0.15, 0.2) is 53.9 Å². The molecular weight excluding hydrogens is 469 g/mol. The number of nitrogens with zero attached hydrogens (tertiary/aromatic N) is 2. The van der Waals surface area contributed by atoms with Crippen LogP contribution >= 0.6 is 11.6 Å². The van der Waals surface area contributed by atoms with Gasteiger partial charge in [-0.1, -0.05) is 31.2 Å². The van der Waals surface area contributed by atoms with Crippen LogP contribution < -0.4 is 10.6 Å². The summed E-state index contributed by atoms with van der Waals surface area (Å²) >= 11 is 5.78. The molecule has 1 aromatic carbocycles. The number of aromatic carboxylic acids is 1. The number of nitrogen functional groups attached to an aromatic ring is 1. The fourth-order valence-corrected chi connectivity index (χ4v) is 5.07. The Morgan fingerprint density at radius 2 is 2.06 bits per heavy atom. The van der Waals surface area contributed by atoms with Crippen molar-refractivity contribution in [3.05, 3.63) is 59.4 Å². The van der Waals surface area contributed by atoms with Gasteiger partial charge in [-0.05, 0) is 69.4 Å². The van der Waals surface area contributed by atoms with Gasteiger partial charge in [0.25, 0.3) is 0 Å². The molecule has 8 heteroatoms. The predicted octanol–water partition coefficient (Wildman–Crippen LogP) is 5.61. The number of likely N-dealkylation sites (tertiary alicyclic amines) is 1. The fraction of sp³-hybridized carbons (Fsp3) is 0.481. The topological polar surface area (TPSA) is 86.9 Å². The Morgan fingerprint density at radius 1 is 1.37 bits per heavy atom. The average Bonchev–Trinajstić information content (AvgIpc) is 3.55. The van der Waals surface area contributed by atoms with Crippen molar-refractivity contribution in [2.75, 3.05) is 30.3 Å². The highest BCUT2D eigenvalue weighted by molar-refractivity contribution is 6.30. The summed E-state index contributed by atoms with van der Waals surface area (Å²) < 4.78 is 15.7. The van der Waals surface area contributed by atoms with E-state index in [9.17, 15) is 14.7 Å². The van der Waals surface area contributed by atoms with Crippen molar-refractivity contribution in [2.24, 2.45) is 17.8 Å². The number of carbonyl (C=O) groups is 2. The van der Waals surface area contributed by atoms with Crippen LogP contribution in [0.4, 0.5) is 15.8 Å². The van der Waals surface area contributed by atoms with Gasteiger partial charge in [-0.25, -0.2) is 9.18 Å². The summed E-state index contributed by atoms with van der Waals surface area (Å²) in [6.07, 6.45) is 7.36. The molecule has 0 aromatic heterocycles. The monoisotopic (exact) mass is 503 g/mol. The molecule has 35 heavy (non-hydrogen) atoms. The van der Waals surface area contributed by atoms with Crippen molar-refractivity contribution in [2.45, 2.75) is 45.6 Å². The smallest absolute Gasteiger partial charge is 0.335 e. The van der Waals surface area contributed by atoms with Crippen LogP contribution in [-0.2, 0) is 4.79 Å². The summed E-state index contributed by atoms with van der Waals surface area (Å²) in [5.41, 5.74) is 6.31. The van der Waals surface area contributed by atoms with Crippen molar-refractivity contribution in [1.29, 1.82) is 0 Å². The molecule has 1 aliphatic heterocycles. The SMILES string of the molecule is C=C(Cl)/C=C\C=C(/F)C1[C@H](C(=O)N(CCC)c2ccc(C(=O)O)cc2N)CN(CC2CC2)C1(C)C. The molecule has 1 aromatic rings. The van der Waals surface area contributed by atoms with Crippen LogP contribution in [0, 0.1) is 17.8 Å². The summed E-state index contributed by atoms with van der Waals surface area (Å²) in [5, 5.41) is 9.57. The zero-order valence-electron chi connectivity index (χ0n) is 20.6. The number of amides is 1. The molecule has 190 valence electrons. The Balaban J connectivity index is 2.00. The first-order valence-electron chi connectivity index (χ1n) is 12.0. The van der Waals surface area contributed by atoms with Gasteiger partial charge in [-0.15, -0.1) is 0 Å². The van der Waals surface area contributed by atoms with Gasteiger partial charge < -0.3 is 15.7 Å². The maximum absolute atomic E-state index is 15.7. The van der Waals surface area contributed by atoms with Crippen molar-refractivity contribution in [3.8, 4) is 0 Å². The van der Waals surface area contributed by atoms with E-state index in [4.69, 9.17) is 17.3 Å². The minimum Gasteiger partial charge on any atom is -0.478 e. The predicted molar refractivity (Wildman–Crippen MR) is 139 cm³/mol. The number of benzene rings is 1. The van der Waals surface area contributed by atoms with E-state index >= 15 is 4.39 Å². The third-order valence-corrected chi connectivity index (χ3v) is 7.12. The Kier molecular flexibility index (Phi) is 8.44. The highest BCUT2D eigenvalue weighted by Gasteiger charge is 2.54. The molecule has 6 nitrogen and oxygen atoms in total. The number of carbonyl (C=O) groups excluding carboxylic acids is 1. The van der Waals surface area contributed by atoms with E-state index in [1.54, 1.807) is 11.0 Å². The number of anilines is 2. The molecule has 1 amide bonds. The molecule has 2 fully saturated rings. The van der Waals surface area contributed by atoms with E-state index in [1.807, 2.05) is 20.8 Å². The third kappa shape index (κ3) is 6.14. The first-order chi connectivity index (χ1) is 16.5. The van der Waals surface area contributed by atoms with Crippen LogP contribution in [-0.4, -0.2) is 47.1 Å². The number of hydrogen-bond donors (Lipinski definition) is 2. The first-order valence-corrected chi connectivity index (χ1v) is 12.4. The standard InChI is InChI=1S/C27H35ClFN3O3/c1-5-13-32(23-12-11-19(26(34)35)14-22(23)30)25(33)20-16-31(15-18-9-10-18)27(3,4)24(20)21(29)8-6-7-17(2)28/h6-8,11-12,14,18,20,24H,2,5,9-10,13,15-16,30H2,1,3-4H3,(H,34,35)/b7-6-,21-8-/t20-,24?/m1/s1. The van der Waals surface area contributed by atoms with Crippen LogP contribution in [0.25, 0.3) is 0 Å². The number of allylic oxidation sites excluding steroid dienone is 4. The van der Waals surface area contributed by atoms with Gasteiger partial charge in [-0.3, -0.25) is 9.69 Å². The third-order valence-electron chi connectivity index (χ3n) is 7.00. The molecule has 1 saturated heterocycles. The summed E-state index contributed by atoms with van der Waals surface area (Å²) in [5.74, 6) is -2.40. The fourth-order valence-electron chi connectivity index (χ4n) is 4.99. The van der Waals surface area contributed by atoms with Gasteiger partial charge in [0, 0.05) is 36.1 Å². The molecule has 1 saturated carbocycles. The van der Waals surface area contributed by atoms with Gasteiger partial charge in [-0.2, -0.15) is 0 Å². The molecule has 0 bridgehead atoms. The lowest BCUT2D eigenvalue weighted by atomic mass is 9.80. The molecular formula is C27H35ClFN3O3. The molecule has 2 aliphatic rings.